The Bertz CT molecular complexity index is 532. The second-order valence-corrected chi connectivity index (χ2v) is 3.86. The highest BCUT2D eigenvalue weighted by atomic mass is 16.3. The summed E-state index contributed by atoms with van der Waals surface area (Å²) < 4.78 is 1.79. The topological polar surface area (TPSA) is 68.2 Å². The maximum atomic E-state index is 11.2. The van der Waals surface area contributed by atoms with Crippen LogP contribution in [0.3, 0.4) is 0 Å². The van der Waals surface area contributed by atoms with Crippen LogP contribution >= 0.6 is 0 Å². The second-order valence-electron chi connectivity index (χ2n) is 3.86. The number of primary amides is 1. The van der Waals surface area contributed by atoms with Gasteiger partial charge in [0.1, 0.15) is 5.69 Å². The number of rotatable bonds is 4. The number of benzene rings is 1. The molecule has 1 heterocycles. The number of nitrogens with zero attached hydrogens (tertiary/aromatic N) is 1. The Morgan fingerprint density at radius 2 is 2.00 bits per heavy atom. The number of hydrogen-bond acceptors (Lipinski definition) is 2. The molecule has 2 rings (SSSR count). The average molecular weight is 230 g/mol. The third-order valence-electron chi connectivity index (χ3n) is 2.61. The molecule has 0 fully saturated rings. The maximum Gasteiger partial charge on any atom is 0.265 e. The molecule has 1 amide bonds. The molecule has 0 spiro atoms. The van der Waals surface area contributed by atoms with Gasteiger partial charge in [-0.15, -0.1) is 0 Å². The minimum absolute atomic E-state index is 0.0161. The van der Waals surface area contributed by atoms with Gasteiger partial charge >= 0.3 is 0 Å². The van der Waals surface area contributed by atoms with Crippen molar-refractivity contribution in [3.05, 3.63) is 59.4 Å². The summed E-state index contributed by atoms with van der Waals surface area (Å²) in [4.78, 5) is 11.2. The van der Waals surface area contributed by atoms with Gasteiger partial charge in [0.25, 0.3) is 5.91 Å². The Morgan fingerprint density at radius 3 is 2.71 bits per heavy atom. The van der Waals surface area contributed by atoms with E-state index in [1.165, 1.54) is 0 Å². The van der Waals surface area contributed by atoms with Crippen molar-refractivity contribution in [1.82, 2.24) is 4.57 Å². The van der Waals surface area contributed by atoms with E-state index < -0.39 is 5.91 Å². The number of hydrogen-bond donors (Lipinski definition) is 2. The van der Waals surface area contributed by atoms with Gasteiger partial charge in [-0.3, -0.25) is 4.79 Å². The smallest absolute Gasteiger partial charge is 0.265 e. The van der Waals surface area contributed by atoms with Crippen molar-refractivity contribution in [1.29, 1.82) is 0 Å². The van der Waals surface area contributed by atoms with Crippen molar-refractivity contribution in [3.63, 3.8) is 0 Å². The fourth-order valence-electron chi connectivity index (χ4n) is 1.80. The van der Waals surface area contributed by atoms with Crippen LogP contribution in [0.25, 0.3) is 0 Å². The number of aromatic nitrogens is 1. The van der Waals surface area contributed by atoms with Crippen LogP contribution in [0, 0.1) is 0 Å². The summed E-state index contributed by atoms with van der Waals surface area (Å²) in [5.74, 6) is -0.437. The lowest BCUT2D eigenvalue weighted by Crippen LogP contribution is -2.16. The summed E-state index contributed by atoms with van der Waals surface area (Å²) in [6.45, 7) is 0.585. The van der Waals surface area contributed by atoms with Crippen LogP contribution in [0.1, 0.15) is 21.6 Å². The minimum Gasteiger partial charge on any atom is -0.392 e. The SMILES string of the molecule is NC(=O)c1cccn1Cc1cccc(CO)c1. The molecule has 0 saturated carbocycles. The molecule has 0 bridgehead atoms. The Kier molecular flexibility index (Phi) is 3.25. The molecule has 0 saturated heterocycles. The Balaban J connectivity index is 2.25. The molecule has 17 heavy (non-hydrogen) atoms. The summed E-state index contributed by atoms with van der Waals surface area (Å²) in [5.41, 5.74) is 7.63. The second kappa shape index (κ2) is 4.84. The lowest BCUT2D eigenvalue weighted by Gasteiger charge is -2.08. The number of aliphatic hydroxyl groups is 1. The first-order valence-electron chi connectivity index (χ1n) is 5.34. The van der Waals surface area contributed by atoms with Gasteiger partial charge in [-0.1, -0.05) is 24.3 Å². The van der Waals surface area contributed by atoms with Crippen molar-refractivity contribution >= 4 is 5.91 Å². The van der Waals surface area contributed by atoms with Gasteiger partial charge < -0.3 is 15.4 Å². The van der Waals surface area contributed by atoms with E-state index in [1.807, 2.05) is 30.5 Å². The van der Waals surface area contributed by atoms with E-state index in [0.29, 0.717) is 12.2 Å². The quantitative estimate of drug-likeness (QED) is 0.826. The van der Waals surface area contributed by atoms with Crippen LogP contribution in [0.2, 0.25) is 0 Å². The predicted octanol–water partition coefficient (Wildman–Crippen LogP) is 1.13. The molecule has 0 aliphatic rings. The zero-order chi connectivity index (χ0) is 12.3. The fraction of sp³-hybridized carbons (Fsp3) is 0.154. The third kappa shape index (κ3) is 2.54. The minimum atomic E-state index is -0.437. The third-order valence-corrected chi connectivity index (χ3v) is 2.61. The molecule has 2 aromatic rings. The number of nitrogens with two attached hydrogens (primary N) is 1. The van der Waals surface area contributed by atoms with Gasteiger partial charge in [0.05, 0.1) is 6.61 Å². The van der Waals surface area contributed by atoms with Crippen molar-refractivity contribution < 1.29 is 9.90 Å². The van der Waals surface area contributed by atoms with E-state index in [1.54, 1.807) is 16.7 Å². The van der Waals surface area contributed by atoms with Crippen LogP contribution in [-0.2, 0) is 13.2 Å². The first-order valence-corrected chi connectivity index (χ1v) is 5.34. The zero-order valence-corrected chi connectivity index (χ0v) is 9.34. The van der Waals surface area contributed by atoms with Gasteiger partial charge in [-0.25, -0.2) is 0 Å². The fourth-order valence-corrected chi connectivity index (χ4v) is 1.80. The van der Waals surface area contributed by atoms with E-state index in [0.717, 1.165) is 11.1 Å². The molecule has 0 unspecified atom stereocenters. The van der Waals surface area contributed by atoms with Gasteiger partial charge in [0, 0.05) is 12.7 Å². The number of aliphatic hydroxyl groups excluding tert-OH is 1. The van der Waals surface area contributed by atoms with Crippen LogP contribution < -0.4 is 5.73 Å². The summed E-state index contributed by atoms with van der Waals surface area (Å²) in [6, 6.07) is 11.1. The van der Waals surface area contributed by atoms with Crippen molar-refractivity contribution in [3.8, 4) is 0 Å². The van der Waals surface area contributed by atoms with Crippen LogP contribution in [-0.4, -0.2) is 15.6 Å². The van der Waals surface area contributed by atoms with Gasteiger partial charge in [-0.2, -0.15) is 0 Å². The molecule has 0 radical (unpaired) electrons. The lowest BCUT2D eigenvalue weighted by molar-refractivity contribution is 0.0992. The Labute approximate surface area is 99.3 Å². The molecule has 0 atom stereocenters. The van der Waals surface area contributed by atoms with Gasteiger partial charge in [-0.05, 0) is 23.3 Å². The van der Waals surface area contributed by atoms with Gasteiger partial charge in [0.2, 0.25) is 0 Å². The molecule has 4 heteroatoms. The average Bonchev–Trinajstić information content (AvgIpc) is 2.77. The Morgan fingerprint density at radius 1 is 1.24 bits per heavy atom. The normalized spacial score (nSPS) is 10.4. The van der Waals surface area contributed by atoms with Crippen LogP contribution in [0.4, 0.5) is 0 Å². The van der Waals surface area contributed by atoms with Crippen molar-refractivity contribution in [2.24, 2.45) is 5.73 Å². The van der Waals surface area contributed by atoms with Crippen LogP contribution in [0.5, 0.6) is 0 Å². The molecule has 0 aliphatic heterocycles. The monoisotopic (exact) mass is 230 g/mol. The summed E-state index contributed by atoms with van der Waals surface area (Å²) in [7, 11) is 0. The molecular weight excluding hydrogens is 216 g/mol. The Hall–Kier alpha value is -2.07. The predicted molar refractivity (Wildman–Crippen MR) is 64.4 cm³/mol. The van der Waals surface area contributed by atoms with Gasteiger partial charge in [0.15, 0.2) is 0 Å². The number of amides is 1. The zero-order valence-electron chi connectivity index (χ0n) is 9.34. The van der Waals surface area contributed by atoms with E-state index in [2.05, 4.69) is 0 Å². The molecule has 1 aromatic heterocycles. The number of carbonyl (C=O) groups excluding carboxylic acids is 1. The highest BCUT2D eigenvalue weighted by Gasteiger charge is 2.06. The highest BCUT2D eigenvalue weighted by Crippen LogP contribution is 2.10. The van der Waals surface area contributed by atoms with Crippen LogP contribution in [0.15, 0.2) is 42.6 Å². The van der Waals surface area contributed by atoms with E-state index in [4.69, 9.17) is 10.8 Å². The molecule has 88 valence electrons. The first-order chi connectivity index (χ1) is 8.20. The molecule has 4 nitrogen and oxygen atoms in total. The van der Waals surface area contributed by atoms with Crippen molar-refractivity contribution in [2.75, 3.05) is 0 Å². The summed E-state index contributed by atoms with van der Waals surface area (Å²) in [6.07, 6.45) is 1.81. The molecule has 3 N–H and O–H groups in total. The van der Waals surface area contributed by atoms with Crippen molar-refractivity contribution in [2.45, 2.75) is 13.2 Å². The first kappa shape index (κ1) is 11.4. The van der Waals surface area contributed by atoms with E-state index in [-0.39, 0.29) is 6.61 Å². The molecule has 0 aliphatic carbocycles. The van der Waals surface area contributed by atoms with E-state index in [9.17, 15) is 4.79 Å². The maximum absolute atomic E-state index is 11.2. The number of carbonyl (C=O) groups is 1. The summed E-state index contributed by atoms with van der Waals surface area (Å²) in [5, 5.41) is 9.05. The largest absolute Gasteiger partial charge is 0.392 e. The molecular formula is C13H14N2O2. The summed E-state index contributed by atoms with van der Waals surface area (Å²) >= 11 is 0. The molecule has 1 aromatic carbocycles. The standard InChI is InChI=1S/C13H14N2O2/c14-13(17)12-5-2-6-15(12)8-10-3-1-4-11(7-10)9-16/h1-7,16H,8-9H2,(H2,14,17). The highest BCUT2D eigenvalue weighted by molar-refractivity contribution is 5.91. The lowest BCUT2D eigenvalue weighted by atomic mass is 10.1. The van der Waals surface area contributed by atoms with E-state index >= 15 is 0 Å².